The summed E-state index contributed by atoms with van der Waals surface area (Å²) >= 11 is 6.14. The van der Waals surface area contributed by atoms with E-state index in [1.807, 2.05) is 75.3 Å². The SMILES string of the molecule is Cc1cc(Cl)ccc1C(CC(=O)C1=CN(C)CC=C1)c1ccc(OC(C)C)c(F)c1. The van der Waals surface area contributed by atoms with E-state index >= 15 is 0 Å². The number of aryl methyl sites for hydroxylation is 1. The number of hydrogen-bond acceptors (Lipinski definition) is 3. The van der Waals surface area contributed by atoms with Gasteiger partial charge >= 0.3 is 0 Å². The van der Waals surface area contributed by atoms with Crippen molar-refractivity contribution in [3.05, 3.63) is 87.9 Å². The molecule has 158 valence electrons. The maximum absolute atomic E-state index is 14.7. The molecule has 5 heteroatoms. The number of benzene rings is 2. The van der Waals surface area contributed by atoms with E-state index in [0.717, 1.165) is 23.2 Å². The van der Waals surface area contributed by atoms with E-state index in [9.17, 15) is 9.18 Å². The summed E-state index contributed by atoms with van der Waals surface area (Å²) in [7, 11) is 1.93. The maximum atomic E-state index is 14.7. The van der Waals surface area contributed by atoms with E-state index in [-0.39, 0.29) is 30.0 Å². The zero-order valence-electron chi connectivity index (χ0n) is 17.8. The maximum Gasteiger partial charge on any atom is 0.165 e. The van der Waals surface area contributed by atoms with Gasteiger partial charge in [-0.15, -0.1) is 0 Å². The third-order valence-electron chi connectivity index (χ3n) is 5.09. The van der Waals surface area contributed by atoms with Crippen molar-refractivity contribution in [1.29, 1.82) is 0 Å². The summed E-state index contributed by atoms with van der Waals surface area (Å²) in [4.78, 5) is 15.1. The highest BCUT2D eigenvalue weighted by atomic mass is 35.5. The summed E-state index contributed by atoms with van der Waals surface area (Å²) in [5.41, 5.74) is 3.31. The highest BCUT2D eigenvalue weighted by Crippen LogP contribution is 2.35. The molecule has 0 aliphatic carbocycles. The summed E-state index contributed by atoms with van der Waals surface area (Å²) < 4.78 is 20.3. The van der Waals surface area contributed by atoms with Crippen LogP contribution in [0.5, 0.6) is 5.75 Å². The van der Waals surface area contributed by atoms with Crippen molar-refractivity contribution in [3.8, 4) is 5.75 Å². The Morgan fingerprint density at radius 2 is 2.00 bits per heavy atom. The van der Waals surface area contributed by atoms with Crippen molar-refractivity contribution < 1.29 is 13.9 Å². The first-order valence-electron chi connectivity index (χ1n) is 10.1. The molecule has 2 aromatic rings. The third kappa shape index (κ3) is 5.31. The molecule has 1 unspecified atom stereocenters. The van der Waals surface area contributed by atoms with E-state index in [0.29, 0.717) is 10.6 Å². The van der Waals surface area contributed by atoms with Gasteiger partial charge in [0.25, 0.3) is 0 Å². The minimum atomic E-state index is -0.429. The van der Waals surface area contributed by atoms with Gasteiger partial charge in [-0.3, -0.25) is 4.79 Å². The molecule has 0 aromatic heterocycles. The van der Waals surface area contributed by atoms with Crippen LogP contribution in [-0.2, 0) is 4.79 Å². The molecule has 3 nitrogen and oxygen atoms in total. The number of rotatable bonds is 7. The van der Waals surface area contributed by atoms with Crippen molar-refractivity contribution in [1.82, 2.24) is 4.90 Å². The number of carbonyl (C=O) groups is 1. The Morgan fingerprint density at radius 3 is 2.63 bits per heavy atom. The second-order valence-electron chi connectivity index (χ2n) is 7.96. The highest BCUT2D eigenvalue weighted by Gasteiger charge is 2.23. The summed E-state index contributed by atoms with van der Waals surface area (Å²) in [6.45, 7) is 6.44. The van der Waals surface area contributed by atoms with Crippen LogP contribution >= 0.6 is 11.6 Å². The number of carbonyl (C=O) groups excluding carboxylic acids is 1. The van der Waals surface area contributed by atoms with Gasteiger partial charge in [-0.1, -0.05) is 35.9 Å². The molecular weight excluding hydrogens is 401 g/mol. The molecule has 0 spiro atoms. The molecule has 30 heavy (non-hydrogen) atoms. The van der Waals surface area contributed by atoms with Gasteiger partial charge in [0.05, 0.1) is 6.10 Å². The number of ketones is 1. The Labute approximate surface area is 182 Å². The van der Waals surface area contributed by atoms with Crippen molar-refractivity contribution in [2.75, 3.05) is 13.6 Å². The van der Waals surface area contributed by atoms with E-state index in [2.05, 4.69) is 0 Å². The van der Waals surface area contributed by atoms with Crippen molar-refractivity contribution in [3.63, 3.8) is 0 Å². The van der Waals surface area contributed by atoms with E-state index in [1.165, 1.54) is 6.07 Å². The van der Waals surface area contributed by atoms with Gasteiger partial charge < -0.3 is 9.64 Å². The topological polar surface area (TPSA) is 29.5 Å². The third-order valence-corrected chi connectivity index (χ3v) is 5.33. The van der Waals surface area contributed by atoms with Crippen LogP contribution < -0.4 is 4.74 Å². The van der Waals surface area contributed by atoms with Crippen LogP contribution in [0.3, 0.4) is 0 Å². The minimum absolute atomic E-state index is 0.0139. The standard InChI is InChI=1S/C25H27ClFNO2/c1-16(2)30-25-10-7-18(13-23(25)27)22(21-9-8-20(26)12-17(21)3)14-24(29)19-6-5-11-28(4)15-19/h5-10,12-13,15-16,22H,11,14H2,1-4H3. The summed E-state index contributed by atoms with van der Waals surface area (Å²) in [6.07, 6.45) is 5.79. The summed E-state index contributed by atoms with van der Waals surface area (Å²) in [6, 6.07) is 10.5. The van der Waals surface area contributed by atoms with E-state index in [1.54, 1.807) is 6.07 Å². The van der Waals surface area contributed by atoms with Crippen LogP contribution in [0.1, 0.15) is 42.9 Å². The predicted molar refractivity (Wildman–Crippen MR) is 120 cm³/mol. The fourth-order valence-electron chi connectivity index (χ4n) is 3.67. The number of hydrogen-bond donors (Lipinski definition) is 0. The molecule has 3 rings (SSSR count). The van der Waals surface area contributed by atoms with Crippen LogP contribution in [-0.4, -0.2) is 30.4 Å². The molecule has 1 atom stereocenters. The zero-order valence-corrected chi connectivity index (χ0v) is 18.5. The van der Waals surface area contributed by atoms with Gasteiger partial charge in [0.15, 0.2) is 17.3 Å². The summed E-state index contributed by atoms with van der Waals surface area (Å²) in [5.74, 6) is -0.494. The van der Waals surface area contributed by atoms with Gasteiger partial charge in [-0.25, -0.2) is 4.39 Å². The van der Waals surface area contributed by atoms with Crippen LogP contribution in [0.25, 0.3) is 0 Å². The molecule has 0 fully saturated rings. The lowest BCUT2D eigenvalue weighted by atomic mass is 9.83. The minimum Gasteiger partial charge on any atom is -0.488 e. The first kappa shape index (κ1) is 22.1. The first-order valence-corrected chi connectivity index (χ1v) is 10.5. The predicted octanol–water partition coefficient (Wildman–Crippen LogP) is 6.05. The molecular formula is C25H27ClFNO2. The van der Waals surface area contributed by atoms with Crippen LogP contribution in [0.15, 0.2) is 60.3 Å². The Morgan fingerprint density at radius 1 is 1.23 bits per heavy atom. The van der Waals surface area contributed by atoms with Crippen LogP contribution in [0.4, 0.5) is 4.39 Å². The quantitative estimate of drug-likeness (QED) is 0.538. The molecule has 0 amide bonds. The fraction of sp³-hybridized carbons (Fsp3) is 0.320. The molecule has 0 radical (unpaired) electrons. The molecule has 1 aliphatic heterocycles. The Bertz CT molecular complexity index is 997. The second-order valence-corrected chi connectivity index (χ2v) is 8.40. The molecule has 1 heterocycles. The number of ether oxygens (including phenoxy) is 1. The number of Topliss-reactive ketones (excluding diaryl/α,β-unsaturated/α-hetero) is 1. The van der Waals surface area contributed by atoms with Crippen molar-refractivity contribution in [2.45, 2.75) is 39.2 Å². The molecule has 0 saturated carbocycles. The van der Waals surface area contributed by atoms with E-state index in [4.69, 9.17) is 16.3 Å². The Hall–Kier alpha value is -2.59. The van der Waals surface area contributed by atoms with Gasteiger partial charge in [-0.05, 0) is 61.7 Å². The number of allylic oxidation sites excluding steroid dienone is 2. The zero-order chi connectivity index (χ0) is 21.8. The van der Waals surface area contributed by atoms with Gasteiger partial charge in [0.2, 0.25) is 0 Å². The molecule has 1 aliphatic rings. The smallest absolute Gasteiger partial charge is 0.165 e. The Kier molecular flexibility index (Phi) is 6.99. The summed E-state index contributed by atoms with van der Waals surface area (Å²) in [5, 5.41) is 0.632. The lowest BCUT2D eigenvalue weighted by molar-refractivity contribution is -0.115. The van der Waals surface area contributed by atoms with E-state index < -0.39 is 5.82 Å². The number of nitrogens with zero attached hydrogens (tertiary/aromatic N) is 1. The molecule has 2 aromatic carbocycles. The number of likely N-dealkylation sites (N-methyl/N-ethyl adjacent to an activating group) is 1. The monoisotopic (exact) mass is 427 g/mol. The highest BCUT2D eigenvalue weighted by molar-refractivity contribution is 6.30. The average Bonchev–Trinajstić information content (AvgIpc) is 2.68. The first-order chi connectivity index (χ1) is 14.2. The average molecular weight is 428 g/mol. The van der Waals surface area contributed by atoms with Crippen LogP contribution in [0, 0.1) is 12.7 Å². The van der Waals surface area contributed by atoms with Gasteiger partial charge in [0.1, 0.15) is 0 Å². The van der Waals surface area contributed by atoms with Gasteiger partial charge in [-0.2, -0.15) is 0 Å². The van der Waals surface area contributed by atoms with Crippen LogP contribution in [0.2, 0.25) is 5.02 Å². The molecule has 0 N–H and O–H groups in total. The normalized spacial score (nSPS) is 14.6. The largest absolute Gasteiger partial charge is 0.488 e. The lowest BCUT2D eigenvalue weighted by Gasteiger charge is -2.22. The molecule has 0 bridgehead atoms. The van der Waals surface area contributed by atoms with Crippen molar-refractivity contribution >= 4 is 17.4 Å². The molecule has 0 saturated heterocycles. The number of halogens is 2. The lowest BCUT2D eigenvalue weighted by Crippen LogP contribution is -2.19. The Balaban J connectivity index is 1.99. The second kappa shape index (κ2) is 9.48. The van der Waals surface area contributed by atoms with Gasteiger partial charge in [0, 0.05) is 42.7 Å². The fourth-order valence-corrected chi connectivity index (χ4v) is 3.89. The van der Waals surface area contributed by atoms with Crippen molar-refractivity contribution in [2.24, 2.45) is 0 Å².